The largest absolute Gasteiger partial charge is 0.453 e. The number of hydrogen-bond acceptors (Lipinski definition) is 0. The summed E-state index contributed by atoms with van der Waals surface area (Å²) in [5.41, 5.74) is 0. The Kier molecular flexibility index (Phi) is 19.3. The highest BCUT2D eigenvalue weighted by Crippen LogP contribution is 2.37. The Morgan fingerprint density at radius 1 is 0.423 bits per heavy atom. The van der Waals surface area contributed by atoms with Gasteiger partial charge in [-0.05, 0) is 0 Å². The molecule has 5 heteroatoms. The molecule has 0 atom stereocenters. The van der Waals surface area contributed by atoms with Crippen LogP contribution in [-0.2, 0) is 0 Å². The normalized spacial score (nSPS) is 12.0. The summed E-state index contributed by atoms with van der Waals surface area (Å²) < 4.78 is 56.3. The molecule has 0 heterocycles. The molecule has 0 rings (SSSR count). The molecule has 0 aliphatic rings. The Bertz CT molecular complexity index is 260. The summed E-state index contributed by atoms with van der Waals surface area (Å²) >= 11 is 0. The molecular weight excluding hydrogens is 347 g/mol. The van der Waals surface area contributed by atoms with Gasteiger partial charge in [-0.1, -0.05) is 117 Å². The average molecular weight is 389 g/mol. The van der Waals surface area contributed by atoms with Gasteiger partial charge in [-0.2, -0.15) is 22.0 Å². The molecule has 0 saturated carbocycles. The van der Waals surface area contributed by atoms with Crippen LogP contribution in [0.5, 0.6) is 0 Å². The average Bonchev–Trinajstić information content (AvgIpc) is 2.58. The maximum absolute atomic E-state index is 11.5. The molecule has 0 bridgehead atoms. The summed E-state index contributed by atoms with van der Waals surface area (Å²) in [5.74, 6) is -4.52. The SMILES string of the molecule is CCC(F)(F)C(F)(F)F.CCCCCCCCCCCCCCCCC. The van der Waals surface area contributed by atoms with Gasteiger partial charge in [0, 0.05) is 6.42 Å². The molecule has 26 heavy (non-hydrogen) atoms. The lowest BCUT2D eigenvalue weighted by molar-refractivity contribution is -0.282. The zero-order valence-electron chi connectivity index (χ0n) is 17.2. The Labute approximate surface area is 158 Å². The van der Waals surface area contributed by atoms with Crippen molar-refractivity contribution in [2.75, 3.05) is 0 Å². The minimum absolute atomic E-state index is 0.785. The smallest absolute Gasteiger partial charge is 0.196 e. The molecule has 0 aliphatic carbocycles. The second-order valence-corrected chi connectivity index (χ2v) is 7.15. The van der Waals surface area contributed by atoms with Crippen molar-refractivity contribution in [3.05, 3.63) is 0 Å². The first kappa shape index (κ1) is 27.9. The third kappa shape index (κ3) is 18.4. The van der Waals surface area contributed by atoms with Gasteiger partial charge in [-0.3, -0.25) is 0 Å². The van der Waals surface area contributed by atoms with E-state index in [0.717, 1.165) is 6.92 Å². The number of unbranched alkanes of at least 4 members (excludes halogenated alkanes) is 14. The Morgan fingerprint density at radius 3 is 0.769 bits per heavy atom. The second kappa shape index (κ2) is 18.0. The summed E-state index contributed by atoms with van der Waals surface area (Å²) in [4.78, 5) is 0. The standard InChI is InChI=1S/C17H36.C4H5F5/c1-3-5-7-9-11-13-15-17-16-14-12-10-8-6-4-2;1-2-3(5,6)4(7,8)9/h3-17H2,1-2H3;2H2,1H3. The van der Waals surface area contributed by atoms with Gasteiger partial charge in [0.15, 0.2) is 0 Å². The van der Waals surface area contributed by atoms with Crippen LogP contribution in [0.2, 0.25) is 0 Å². The number of hydrogen-bond donors (Lipinski definition) is 0. The van der Waals surface area contributed by atoms with E-state index in [0.29, 0.717) is 0 Å². The fourth-order valence-electron chi connectivity index (χ4n) is 2.64. The van der Waals surface area contributed by atoms with E-state index in [1.165, 1.54) is 96.3 Å². The molecule has 0 aromatic carbocycles. The van der Waals surface area contributed by atoms with E-state index in [4.69, 9.17) is 0 Å². The molecule has 0 fully saturated rings. The highest BCUT2D eigenvalue weighted by Gasteiger charge is 2.55. The lowest BCUT2D eigenvalue weighted by Crippen LogP contribution is -2.35. The monoisotopic (exact) mass is 388 g/mol. The van der Waals surface area contributed by atoms with Crippen molar-refractivity contribution in [2.24, 2.45) is 0 Å². The Hall–Kier alpha value is -0.350. The number of alkyl halides is 5. The van der Waals surface area contributed by atoms with Crippen LogP contribution >= 0.6 is 0 Å². The minimum Gasteiger partial charge on any atom is -0.196 e. The van der Waals surface area contributed by atoms with Crippen molar-refractivity contribution >= 4 is 0 Å². The predicted molar refractivity (Wildman–Crippen MR) is 102 cm³/mol. The molecule has 0 amide bonds. The van der Waals surface area contributed by atoms with Crippen LogP contribution < -0.4 is 0 Å². The molecule has 0 aliphatic heterocycles. The molecular formula is C21H41F5. The van der Waals surface area contributed by atoms with E-state index in [1.54, 1.807) is 0 Å². The van der Waals surface area contributed by atoms with Crippen LogP contribution in [0.4, 0.5) is 22.0 Å². The van der Waals surface area contributed by atoms with Crippen molar-refractivity contribution in [3.8, 4) is 0 Å². The van der Waals surface area contributed by atoms with Gasteiger partial charge >= 0.3 is 12.1 Å². The third-order valence-electron chi connectivity index (χ3n) is 4.57. The number of halogens is 5. The predicted octanol–water partition coefficient (Wildman–Crippen LogP) is 9.47. The zero-order chi connectivity index (χ0) is 20.3. The van der Waals surface area contributed by atoms with Gasteiger partial charge < -0.3 is 0 Å². The lowest BCUT2D eigenvalue weighted by atomic mass is 10.0. The van der Waals surface area contributed by atoms with E-state index < -0.39 is 18.5 Å². The van der Waals surface area contributed by atoms with Crippen LogP contribution in [0, 0.1) is 0 Å². The summed E-state index contributed by atoms with van der Waals surface area (Å²) in [6.45, 7) is 5.37. The van der Waals surface area contributed by atoms with Crippen molar-refractivity contribution in [1.29, 1.82) is 0 Å². The van der Waals surface area contributed by atoms with Gasteiger partial charge in [-0.25, -0.2) is 0 Å². The highest BCUT2D eigenvalue weighted by atomic mass is 19.4. The van der Waals surface area contributed by atoms with E-state index in [9.17, 15) is 22.0 Å². The Morgan fingerprint density at radius 2 is 0.654 bits per heavy atom. The van der Waals surface area contributed by atoms with Crippen LogP contribution in [0.15, 0.2) is 0 Å². The minimum atomic E-state index is -5.39. The molecule has 0 N–H and O–H groups in total. The van der Waals surface area contributed by atoms with Gasteiger partial charge in [0.25, 0.3) is 0 Å². The van der Waals surface area contributed by atoms with Crippen molar-refractivity contribution in [3.63, 3.8) is 0 Å². The van der Waals surface area contributed by atoms with Gasteiger partial charge in [0.1, 0.15) is 0 Å². The summed E-state index contributed by atoms with van der Waals surface area (Å²) in [5, 5.41) is 0. The molecule has 0 aromatic heterocycles. The Balaban J connectivity index is 0. The van der Waals surface area contributed by atoms with Crippen LogP contribution in [-0.4, -0.2) is 12.1 Å². The van der Waals surface area contributed by atoms with E-state index in [1.807, 2.05) is 0 Å². The number of rotatable bonds is 15. The lowest BCUT2D eigenvalue weighted by Gasteiger charge is -2.16. The maximum Gasteiger partial charge on any atom is 0.453 e. The van der Waals surface area contributed by atoms with Crippen molar-refractivity contribution < 1.29 is 22.0 Å². The van der Waals surface area contributed by atoms with E-state index in [2.05, 4.69) is 13.8 Å². The first-order chi connectivity index (χ1) is 12.2. The molecule has 0 nitrogen and oxygen atoms in total. The van der Waals surface area contributed by atoms with Crippen molar-refractivity contribution in [1.82, 2.24) is 0 Å². The molecule has 0 aromatic rings. The third-order valence-corrected chi connectivity index (χ3v) is 4.57. The summed E-state index contributed by atoms with van der Waals surface area (Å²) in [6, 6.07) is 0. The topological polar surface area (TPSA) is 0 Å². The molecule has 0 spiro atoms. The molecule has 0 unspecified atom stereocenters. The second-order valence-electron chi connectivity index (χ2n) is 7.15. The first-order valence-corrected chi connectivity index (χ1v) is 10.7. The van der Waals surface area contributed by atoms with E-state index >= 15 is 0 Å². The molecule has 160 valence electrons. The molecule has 0 radical (unpaired) electrons. The first-order valence-electron chi connectivity index (χ1n) is 10.7. The van der Waals surface area contributed by atoms with Crippen LogP contribution in [0.3, 0.4) is 0 Å². The van der Waals surface area contributed by atoms with E-state index in [-0.39, 0.29) is 0 Å². The highest BCUT2D eigenvalue weighted by molar-refractivity contribution is 4.72. The fraction of sp³-hybridized carbons (Fsp3) is 1.00. The molecule has 0 saturated heterocycles. The summed E-state index contributed by atoms with van der Waals surface area (Å²) in [7, 11) is 0. The zero-order valence-corrected chi connectivity index (χ0v) is 17.2. The summed E-state index contributed by atoms with van der Waals surface area (Å²) in [6.07, 6.45) is 15.3. The van der Waals surface area contributed by atoms with Gasteiger partial charge in [0.2, 0.25) is 0 Å². The quantitative estimate of drug-likeness (QED) is 0.193. The van der Waals surface area contributed by atoms with Crippen molar-refractivity contribution in [2.45, 2.75) is 136 Å². The van der Waals surface area contributed by atoms with Crippen LogP contribution in [0.1, 0.15) is 124 Å². The van der Waals surface area contributed by atoms with Crippen LogP contribution in [0.25, 0.3) is 0 Å². The fourth-order valence-corrected chi connectivity index (χ4v) is 2.64. The maximum atomic E-state index is 11.5. The van der Waals surface area contributed by atoms with Gasteiger partial charge in [0.05, 0.1) is 0 Å². The van der Waals surface area contributed by atoms with Gasteiger partial charge in [-0.15, -0.1) is 0 Å².